The topological polar surface area (TPSA) is 63.4 Å². The smallest absolute Gasteiger partial charge is 0.232 e. The van der Waals surface area contributed by atoms with Crippen LogP contribution in [-0.2, 0) is 23.1 Å². The van der Waals surface area contributed by atoms with Crippen molar-refractivity contribution in [3.05, 3.63) is 97.6 Å². The molecule has 1 fully saturated rings. The van der Waals surface area contributed by atoms with E-state index in [0.29, 0.717) is 13.1 Å². The molecule has 1 aromatic carbocycles. The van der Waals surface area contributed by atoms with Gasteiger partial charge in [0.05, 0.1) is 17.2 Å². The fraction of sp³-hybridized carbons (Fsp3) is 0.370. The predicted octanol–water partition coefficient (Wildman–Crippen LogP) is 4.44. The van der Waals surface area contributed by atoms with Gasteiger partial charge < -0.3 is 10.1 Å². The molecule has 0 N–H and O–H groups in total. The Bertz CT molecular complexity index is 1220. The highest BCUT2D eigenvalue weighted by molar-refractivity contribution is 9.10. The molecule has 3 heterocycles. The molecule has 2 aromatic heterocycles. The highest BCUT2D eigenvalue weighted by atomic mass is 79.9. The van der Waals surface area contributed by atoms with Crippen molar-refractivity contribution in [3.8, 4) is 0 Å². The predicted molar refractivity (Wildman–Crippen MR) is 139 cm³/mol. The monoisotopic (exact) mass is 554 g/mol. The standard InChI is InChI=1S/C27H28BrClN4O2/c1-27(2,20-4-3-9-33(35)17-20)26(34)32-12-10-31(11-13-32)25-23-8-7-22(29)15-18(23)5-6-19-14-21(28)16-30-24(19)25/h3-4,7-9,14-17,25H,5-6,10-13H2,1-2H3. The summed E-state index contributed by atoms with van der Waals surface area (Å²) < 4.78 is 1.73. The van der Waals surface area contributed by atoms with Gasteiger partial charge in [-0.1, -0.05) is 17.7 Å². The fourth-order valence-corrected chi connectivity index (χ4v) is 5.88. The van der Waals surface area contributed by atoms with E-state index in [1.165, 1.54) is 29.1 Å². The highest BCUT2D eigenvalue weighted by Crippen LogP contribution is 2.38. The van der Waals surface area contributed by atoms with Gasteiger partial charge in [0.25, 0.3) is 0 Å². The molecular weight excluding hydrogens is 528 g/mol. The molecule has 1 aliphatic carbocycles. The average Bonchev–Trinajstić information content (AvgIpc) is 3.00. The second kappa shape index (κ2) is 9.52. The van der Waals surface area contributed by atoms with Crippen molar-refractivity contribution in [1.82, 2.24) is 14.8 Å². The SMILES string of the molecule is CC(C)(C(=O)N1CCN(C2c3ccc(Cl)cc3CCc3cc(Br)cnc32)CC1)c1ccc[n+]([O-])c1. The molecule has 1 atom stereocenters. The summed E-state index contributed by atoms with van der Waals surface area (Å²) in [4.78, 5) is 22.7. The van der Waals surface area contributed by atoms with Gasteiger partial charge in [-0.05, 0) is 83.6 Å². The molecule has 0 saturated carbocycles. The van der Waals surface area contributed by atoms with Crippen LogP contribution in [-0.4, -0.2) is 46.9 Å². The molecule has 3 aromatic rings. The Morgan fingerprint density at radius 2 is 1.89 bits per heavy atom. The van der Waals surface area contributed by atoms with Gasteiger partial charge in [-0.2, -0.15) is 4.73 Å². The largest absolute Gasteiger partial charge is 0.619 e. The molecule has 0 bridgehead atoms. The van der Waals surface area contributed by atoms with E-state index in [1.807, 2.05) is 37.1 Å². The molecule has 1 unspecified atom stereocenters. The van der Waals surface area contributed by atoms with Crippen LogP contribution in [0.4, 0.5) is 0 Å². The Hall–Kier alpha value is -2.48. The summed E-state index contributed by atoms with van der Waals surface area (Å²) in [7, 11) is 0. The van der Waals surface area contributed by atoms with Crippen LogP contribution in [0.3, 0.4) is 0 Å². The van der Waals surface area contributed by atoms with Crippen LogP contribution in [0.15, 0.2) is 59.5 Å². The van der Waals surface area contributed by atoms with Gasteiger partial charge in [-0.3, -0.25) is 14.7 Å². The maximum atomic E-state index is 13.5. The van der Waals surface area contributed by atoms with Crippen LogP contribution < -0.4 is 4.73 Å². The summed E-state index contributed by atoms with van der Waals surface area (Å²) in [5, 5.41) is 12.5. The number of hydrogen-bond acceptors (Lipinski definition) is 4. The number of pyridine rings is 2. The second-order valence-corrected chi connectivity index (χ2v) is 11.2. The summed E-state index contributed by atoms with van der Waals surface area (Å²) in [5.74, 6) is 0.0406. The third kappa shape index (κ3) is 4.69. The van der Waals surface area contributed by atoms with Crippen LogP contribution in [0.1, 0.15) is 47.8 Å². The van der Waals surface area contributed by atoms with E-state index in [2.05, 4.69) is 39.0 Å². The zero-order valence-electron chi connectivity index (χ0n) is 19.9. The number of carbonyl (C=O) groups excluding carboxylic acids is 1. The van der Waals surface area contributed by atoms with Crippen molar-refractivity contribution >= 4 is 33.4 Å². The summed E-state index contributed by atoms with van der Waals surface area (Å²) in [5.41, 5.74) is 4.77. The molecule has 5 rings (SSSR count). The fourth-order valence-electron chi connectivity index (χ4n) is 5.31. The van der Waals surface area contributed by atoms with Gasteiger partial charge in [-0.25, -0.2) is 0 Å². The second-order valence-electron chi connectivity index (χ2n) is 9.85. The minimum atomic E-state index is -0.776. The van der Waals surface area contributed by atoms with Gasteiger partial charge in [0, 0.05) is 53.5 Å². The zero-order chi connectivity index (χ0) is 24.7. The van der Waals surface area contributed by atoms with E-state index in [0.717, 1.165) is 51.4 Å². The molecule has 0 radical (unpaired) electrons. The van der Waals surface area contributed by atoms with E-state index in [4.69, 9.17) is 16.6 Å². The number of benzene rings is 1. The number of hydrogen-bond donors (Lipinski definition) is 0. The van der Waals surface area contributed by atoms with E-state index in [9.17, 15) is 10.0 Å². The number of aryl methyl sites for hydroxylation is 2. The number of fused-ring (bicyclic) bond motifs is 2. The number of aromatic nitrogens is 2. The minimum absolute atomic E-state index is 0.0201. The summed E-state index contributed by atoms with van der Waals surface area (Å²) >= 11 is 9.94. The maximum absolute atomic E-state index is 13.5. The lowest BCUT2D eigenvalue weighted by atomic mass is 9.84. The summed E-state index contributed by atoms with van der Waals surface area (Å²) in [6, 6.07) is 11.9. The summed E-state index contributed by atoms with van der Waals surface area (Å²) in [6.45, 7) is 6.50. The van der Waals surface area contributed by atoms with Gasteiger partial charge in [0.2, 0.25) is 5.91 Å². The minimum Gasteiger partial charge on any atom is -0.619 e. The molecule has 0 spiro atoms. The van der Waals surface area contributed by atoms with Crippen LogP contribution in [0.25, 0.3) is 0 Å². The van der Waals surface area contributed by atoms with Crippen molar-refractivity contribution in [1.29, 1.82) is 0 Å². The molecule has 6 nitrogen and oxygen atoms in total. The molecule has 1 saturated heterocycles. The van der Waals surface area contributed by atoms with Crippen molar-refractivity contribution in [2.45, 2.75) is 38.1 Å². The van der Waals surface area contributed by atoms with Crippen molar-refractivity contribution in [2.24, 2.45) is 0 Å². The molecule has 35 heavy (non-hydrogen) atoms. The van der Waals surface area contributed by atoms with Crippen LogP contribution in [0, 0.1) is 5.21 Å². The van der Waals surface area contributed by atoms with Crippen molar-refractivity contribution in [2.75, 3.05) is 26.2 Å². The molecule has 1 amide bonds. The highest BCUT2D eigenvalue weighted by Gasteiger charge is 2.38. The lowest BCUT2D eigenvalue weighted by Crippen LogP contribution is -2.54. The number of nitrogens with zero attached hydrogens (tertiary/aromatic N) is 4. The zero-order valence-corrected chi connectivity index (χ0v) is 22.2. The Kier molecular flexibility index (Phi) is 6.59. The van der Waals surface area contributed by atoms with Gasteiger partial charge in [0.1, 0.15) is 0 Å². The molecule has 2 aliphatic rings. The Morgan fingerprint density at radius 1 is 1.14 bits per heavy atom. The van der Waals surface area contributed by atoms with Crippen LogP contribution in [0.2, 0.25) is 5.02 Å². The maximum Gasteiger partial charge on any atom is 0.232 e. The lowest BCUT2D eigenvalue weighted by molar-refractivity contribution is -0.606. The first-order valence-corrected chi connectivity index (χ1v) is 13.1. The molecule has 182 valence electrons. The summed E-state index contributed by atoms with van der Waals surface area (Å²) in [6.07, 6.45) is 6.63. The number of piperazine rings is 1. The van der Waals surface area contributed by atoms with Gasteiger partial charge in [0.15, 0.2) is 12.4 Å². The molecule has 8 heteroatoms. The van der Waals surface area contributed by atoms with E-state index in [1.54, 1.807) is 6.07 Å². The van der Waals surface area contributed by atoms with Gasteiger partial charge in [-0.15, -0.1) is 0 Å². The first kappa shape index (κ1) is 24.2. The third-order valence-corrected chi connectivity index (χ3v) is 7.96. The molecular formula is C27H28BrClN4O2. The van der Waals surface area contributed by atoms with Gasteiger partial charge >= 0.3 is 0 Å². The first-order valence-electron chi connectivity index (χ1n) is 11.9. The quantitative estimate of drug-likeness (QED) is 0.354. The van der Waals surface area contributed by atoms with Crippen LogP contribution >= 0.6 is 27.5 Å². The van der Waals surface area contributed by atoms with Crippen molar-refractivity contribution < 1.29 is 9.52 Å². The third-order valence-electron chi connectivity index (χ3n) is 7.29. The average molecular weight is 556 g/mol. The lowest BCUT2D eigenvalue weighted by Gasteiger charge is -2.42. The normalized spacial score (nSPS) is 18.5. The Labute approximate surface area is 219 Å². The van der Waals surface area contributed by atoms with Crippen LogP contribution in [0.5, 0.6) is 0 Å². The van der Waals surface area contributed by atoms with Crippen molar-refractivity contribution in [3.63, 3.8) is 0 Å². The van der Waals surface area contributed by atoms with E-state index in [-0.39, 0.29) is 11.9 Å². The Balaban J connectivity index is 1.41. The molecule has 1 aliphatic heterocycles. The van der Waals surface area contributed by atoms with E-state index >= 15 is 0 Å². The first-order chi connectivity index (χ1) is 16.7. The number of carbonyl (C=O) groups is 1. The van der Waals surface area contributed by atoms with E-state index < -0.39 is 5.41 Å². The number of halogens is 2. The Morgan fingerprint density at radius 3 is 2.63 bits per heavy atom. The number of amides is 1. The number of rotatable bonds is 3.